The van der Waals surface area contributed by atoms with Crippen molar-refractivity contribution in [2.24, 2.45) is 5.73 Å². The normalized spacial score (nSPS) is 9.87. The molecular weight excluding hydrogens is 194 g/mol. The first-order chi connectivity index (χ1) is 7.29. The molecule has 0 aliphatic rings. The number of carbonyl (C=O) groups is 1. The van der Waals surface area contributed by atoms with Gasteiger partial charge in [0, 0.05) is 24.8 Å². The van der Waals surface area contributed by atoms with Gasteiger partial charge in [0.2, 0.25) is 0 Å². The van der Waals surface area contributed by atoms with Crippen LogP contribution in [0.1, 0.15) is 10.5 Å². The minimum absolute atomic E-state index is 0.0954. The fourth-order valence-electron chi connectivity index (χ4n) is 1.13. The first kappa shape index (κ1) is 9.20. The molecule has 2 aromatic heterocycles. The third-order valence-electron chi connectivity index (χ3n) is 1.74. The fraction of sp³-hybridized carbons (Fsp3) is 0. The Labute approximate surface area is 85.2 Å². The van der Waals surface area contributed by atoms with Gasteiger partial charge in [-0.25, -0.2) is 4.98 Å². The summed E-state index contributed by atoms with van der Waals surface area (Å²) >= 11 is 0. The monoisotopic (exact) mass is 201 g/mol. The summed E-state index contributed by atoms with van der Waals surface area (Å²) in [6.07, 6.45) is 7.41. The highest BCUT2D eigenvalue weighted by Crippen LogP contribution is 2.14. The molecule has 2 N–H and O–H groups in total. The molecular formula is C9H7N5O. The second-order valence-corrected chi connectivity index (χ2v) is 2.71. The molecule has 0 bridgehead atoms. The van der Waals surface area contributed by atoms with E-state index in [1.807, 2.05) is 0 Å². The largest absolute Gasteiger partial charge is 0.364 e. The Morgan fingerprint density at radius 2 is 1.80 bits per heavy atom. The van der Waals surface area contributed by atoms with Crippen LogP contribution in [-0.2, 0) is 0 Å². The predicted octanol–water partition coefficient (Wildman–Crippen LogP) is 0.0325. The first-order valence-corrected chi connectivity index (χ1v) is 4.16. The Morgan fingerprint density at radius 1 is 1.07 bits per heavy atom. The standard InChI is InChI=1S/C9H7N5O/c10-9(15)8-7(13-3-4-14-8)6-5-11-1-2-12-6/h1-5H,(H2,10,15). The average Bonchev–Trinajstić information content (AvgIpc) is 2.30. The van der Waals surface area contributed by atoms with Crippen LogP contribution in [0.3, 0.4) is 0 Å². The van der Waals surface area contributed by atoms with Gasteiger partial charge in [-0.2, -0.15) is 0 Å². The van der Waals surface area contributed by atoms with Crippen molar-refractivity contribution in [3.8, 4) is 11.4 Å². The van der Waals surface area contributed by atoms with Crippen LogP contribution in [0.25, 0.3) is 11.4 Å². The Bertz CT molecular complexity index is 485. The summed E-state index contributed by atoms with van der Waals surface area (Å²) < 4.78 is 0. The molecule has 74 valence electrons. The summed E-state index contributed by atoms with van der Waals surface area (Å²) in [4.78, 5) is 26.8. The number of nitrogens with zero attached hydrogens (tertiary/aromatic N) is 4. The molecule has 0 aliphatic heterocycles. The van der Waals surface area contributed by atoms with Crippen LogP contribution in [0.5, 0.6) is 0 Å². The van der Waals surface area contributed by atoms with Gasteiger partial charge >= 0.3 is 0 Å². The van der Waals surface area contributed by atoms with Gasteiger partial charge in [0.25, 0.3) is 5.91 Å². The van der Waals surface area contributed by atoms with Crippen molar-refractivity contribution in [2.45, 2.75) is 0 Å². The molecule has 0 fully saturated rings. The molecule has 6 heteroatoms. The summed E-state index contributed by atoms with van der Waals surface area (Å²) in [6, 6.07) is 0. The number of hydrogen-bond acceptors (Lipinski definition) is 5. The predicted molar refractivity (Wildman–Crippen MR) is 51.6 cm³/mol. The summed E-state index contributed by atoms with van der Waals surface area (Å²) in [5.74, 6) is -0.635. The zero-order valence-electron chi connectivity index (χ0n) is 7.66. The number of carbonyl (C=O) groups excluding carboxylic acids is 1. The average molecular weight is 201 g/mol. The lowest BCUT2D eigenvalue weighted by molar-refractivity contribution is 0.0996. The maximum absolute atomic E-state index is 11.1. The molecule has 2 aromatic rings. The maximum atomic E-state index is 11.1. The number of aromatic nitrogens is 4. The zero-order valence-corrected chi connectivity index (χ0v) is 7.66. The third kappa shape index (κ3) is 1.78. The topological polar surface area (TPSA) is 94.7 Å². The van der Waals surface area contributed by atoms with E-state index in [1.54, 1.807) is 0 Å². The summed E-state index contributed by atoms with van der Waals surface area (Å²) in [5.41, 5.74) is 6.07. The van der Waals surface area contributed by atoms with E-state index in [9.17, 15) is 4.79 Å². The number of primary amides is 1. The van der Waals surface area contributed by atoms with Crippen LogP contribution in [0.2, 0.25) is 0 Å². The molecule has 15 heavy (non-hydrogen) atoms. The van der Waals surface area contributed by atoms with Gasteiger partial charge in [0.1, 0.15) is 11.4 Å². The van der Waals surface area contributed by atoms with Gasteiger partial charge in [-0.3, -0.25) is 19.7 Å². The number of amides is 1. The van der Waals surface area contributed by atoms with Gasteiger partial charge in [0.05, 0.1) is 6.20 Å². The molecule has 0 aromatic carbocycles. The van der Waals surface area contributed by atoms with Crippen LogP contribution in [-0.4, -0.2) is 25.8 Å². The van der Waals surface area contributed by atoms with Crippen LogP contribution in [0, 0.1) is 0 Å². The first-order valence-electron chi connectivity index (χ1n) is 4.16. The molecule has 2 rings (SSSR count). The minimum atomic E-state index is -0.635. The van der Waals surface area contributed by atoms with E-state index in [0.717, 1.165) is 0 Å². The summed E-state index contributed by atoms with van der Waals surface area (Å²) in [7, 11) is 0. The summed E-state index contributed by atoms with van der Waals surface area (Å²) in [6.45, 7) is 0. The van der Waals surface area contributed by atoms with Crippen molar-refractivity contribution in [1.29, 1.82) is 0 Å². The van der Waals surface area contributed by atoms with Crippen molar-refractivity contribution < 1.29 is 4.79 Å². The second-order valence-electron chi connectivity index (χ2n) is 2.71. The SMILES string of the molecule is NC(=O)c1nccnc1-c1cnccn1. The van der Waals surface area contributed by atoms with Gasteiger partial charge in [-0.05, 0) is 0 Å². The van der Waals surface area contributed by atoms with Crippen molar-refractivity contribution >= 4 is 5.91 Å². The smallest absolute Gasteiger partial charge is 0.269 e. The molecule has 0 saturated heterocycles. The molecule has 0 saturated carbocycles. The van der Waals surface area contributed by atoms with E-state index in [4.69, 9.17) is 5.73 Å². The fourth-order valence-corrected chi connectivity index (χ4v) is 1.13. The summed E-state index contributed by atoms with van der Waals surface area (Å²) in [5, 5.41) is 0. The van der Waals surface area contributed by atoms with E-state index in [1.165, 1.54) is 31.0 Å². The van der Waals surface area contributed by atoms with E-state index >= 15 is 0 Å². The van der Waals surface area contributed by atoms with Crippen LogP contribution in [0.15, 0.2) is 31.0 Å². The van der Waals surface area contributed by atoms with Crippen molar-refractivity contribution in [2.75, 3.05) is 0 Å². The molecule has 0 aliphatic carbocycles. The lowest BCUT2D eigenvalue weighted by Gasteiger charge is -2.01. The molecule has 0 spiro atoms. The third-order valence-corrected chi connectivity index (χ3v) is 1.74. The van der Waals surface area contributed by atoms with Crippen molar-refractivity contribution in [1.82, 2.24) is 19.9 Å². The van der Waals surface area contributed by atoms with Crippen LogP contribution < -0.4 is 5.73 Å². The van der Waals surface area contributed by atoms with Crippen molar-refractivity contribution in [3.63, 3.8) is 0 Å². The van der Waals surface area contributed by atoms with Crippen molar-refractivity contribution in [3.05, 3.63) is 36.7 Å². The van der Waals surface area contributed by atoms with E-state index < -0.39 is 5.91 Å². The van der Waals surface area contributed by atoms with Gasteiger partial charge in [-0.15, -0.1) is 0 Å². The van der Waals surface area contributed by atoms with Crippen LogP contribution >= 0.6 is 0 Å². The molecule has 6 nitrogen and oxygen atoms in total. The molecule has 0 unspecified atom stereocenters. The highest BCUT2D eigenvalue weighted by Gasteiger charge is 2.13. The van der Waals surface area contributed by atoms with Gasteiger partial charge in [-0.1, -0.05) is 0 Å². The lowest BCUT2D eigenvalue weighted by atomic mass is 10.2. The second kappa shape index (κ2) is 3.79. The molecule has 0 radical (unpaired) electrons. The Kier molecular flexibility index (Phi) is 2.32. The molecule has 0 atom stereocenters. The number of hydrogen-bond donors (Lipinski definition) is 1. The quantitative estimate of drug-likeness (QED) is 0.739. The maximum Gasteiger partial charge on any atom is 0.269 e. The molecule has 2 heterocycles. The Hall–Kier alpha value is -2.37. The van der Waals surface area contributed by atoms with Crippen LogP contribution in [0.4, 0.5) is 0 Å². The van der Waals surface area contributed by atoms with E-state index in [2.05, 4.69) is 19.9 Å². The highest BCUT2D eigenvalue weighted by molar-refractivity contribution is 5.96. The number of nitrogens with two attached hydrogens (primary N) is 1. The number of rotatable bonds is 2. The Balaban J connectivity index is 2.58. The zero-order chi connectivity index (χ0) is 10.7. The van der Waals surface area contributed by atoms with E-state index in [-0.39, 0.29) is 5.69 Å². The van der Waals surface area contributed by atoms with Gasteiger partial charge in [0.15, 0.2) is 5.69 Å². The minimum Gasteiger partial charge on any atom is -0.364 e. The van der Waals surface area contributed by atoms with E-state index in [0.29, 0.717) is 11.4 Å². The van der Waals surface area contributed by atoms with Gasteiger partial charge < -0.3 is 5.73 Å². The Morgan fingerprint density at radius 3 is 2.47 bits per heavy atom. The highest BCUT2D eigenvalue weighted by atomic mass is 16.1. The lowest BCUT2D eigenvalue weighted by Crippen LogP contribution is -2.15. The molecule has 1 amide bonds.